The third-order valence-electron chi connectivity index (χ3n) is 6.28. The summed E-state index contributed by atoms with van der Waals surface area (Å²) in [6.07, 6.45) is 1.60. The lowest BCUT2D eigenvalue weighted by Crippen LogP contribution is -2.29. The fourth-order valence-electron chi connectivity index (χ4n) is 4.40. The van der Waals surface area contributed by atoms with Crippen molar-refractivity contribution in [3.8, 4) is 11.5 Å². The fourth-order valence-corrected chi connectivity index (χ4v) is 5.21. The second kappa shape index (κ2) is 10.3. The molecule has 1 unspecified atom stereocenters. The van der Waals surface area contributed by atoms with E-state index in [9.17, 15) is 9.59 Å². The number of ether oxygens (including phenoxy) is 2. The van der Waals surface area contributed by atoms with E-state index in [1.54, 1.807) is 24.3 Å². The first-order valence-electron chi connectivity index (χ1n) is 12.5. The number of amides is 1. The molecule has 0 fully saturated rings. The molecule has 5 rings (SSSR count). The highest BCUT2D eigenvalue weighted by molar-refractivity contribution is 7.15. The average Bonchev–Trinajstić information content (AvgIpc) is 3.47. The SMILES string of the molecule is CCOc1cc(C2c3c(oc4ccccc4c3=O)C(=O)N2c2nnc(CC)s2)ccc1OCCC(C)C. The van der Waals surface area contributed by atoms with Gasteiger partial charge in [-0.2, -0.15) is 0 Å². The molecule has 2 aromatic heterocycles. The monoisotopic (exact) mass is 519 g/mol. The zero-order valence-electron chi connectivity index (χ0n) is 21.3. The molecule has 9 heteroatoms. The van der Waals surface area contributed by atoms with E-state index in [2.05, 4.69) is 24.0 Å². The smallest absolute Gasteiger partial charge is 0.297 e. The van der Waals surface area contributed by atoms with Gasteiger partial charge in [0.25, 0.3) is 5.91 Å². The summed E-state index contributed by atoms with van der Waals surface area (Å²) in [5.41, 5.74) is 1.11. The van der Waals surface area contributed by atoms with Crippen LogP contribution >= 0.6 is 11.3 Å². The minimum absolute atomic E-state index is 0.0252. The summed E-state index contributed by atoms with van der Waals surface area (Å²) in [4.78, 5) is 29.0. The Morgan fingerprint density at radius 2 is 1.86 bits per heavy atom. The van der Waals surface area contributed by atoms with Crippen LogP contribution in [0.15, 0.2) is 51.7 Å². The number of fused-ring (bicyclic) bond motifs is 2. The van der Waals surface area contributed by atoms with Crippen molar-refractivity contribution in [3.05, 3.63) is 74.6 Å². The van der Waals surface area contributed by atoms with Gasteiger partial charge in [-0.05, 0) is 55.5 Å². The summed E-state index contributed by atoms with van der Waals surface area (Å²) in [6, 6.07) is 11.8. The van der Waals surface area contributed by atoms with Gasteiger partial charge in [-0.3, -0.25) is 14.5 Å². The Balaban J connectivity index is 1.67. The normalized spacial score (nSPS) is 15.0. The van der Waals surface area contributed by atoms with Crippen LogP contribution in [0.25, 0.3) is 11.0 Å². The Morgan fingerprint density at radius 1 is 1.05 bits per heavy atom. The van der Waals surface area contributed by atoms with Crippen LogP contribution < -0.4 is 19.8 Å². The van der Waals surface area contributed by atoms with E-state index in [0.29, 0.717) is 58.7 Å². The summed E-state index contributed by atoms with van der Waals surface area (Å²) in [5.74, 6) is 1.30. The van der Waals surface area contributed by atoms with E-state index in [1.165, 1.54) is 16.2 Å². The predicted octanol–water partition coefficient (Wildman–Crippen LogP) is 5.78. The van der Waals surface area contributed by atoms with Crippen LogP contribution in [-0.4, -0.2) is 29.3 Å². The van der Waals surface area contributed by atoms with Gasteiger partial charge < -0.3 is 13.9 Å². The van der Waals surface area contributed by atoms with E-state index in [-0.39, 0.29) is 16.8 Å². The second-order valence-corrected chi connectivity index (χ2v) is 10.3. The van der Waals surface area contributed by atoms with Crippen LogP contribution in [0.4, 0.5) is 5.13 Å². The number of nitrogens with zero attached hydrogens (tertiary/aromatic N) is 3. The average molecular weight is 520 g/mol. The Bertz CT molecular complexity index is 1510. The first-order valence-corrected chi connectivity index (χ1v) is 13.4. The Hall–Kier alpha value is -3.72. The lowest BCUT2D eigenvalue weighted by atomic mass is 9.98. The zero-order valence-corrected chi connectivity index (χ0v) is 22.1. The Kier molecular flexibility index (Phi) is 6.97. The highest BCUT2D eigenvalue weighted by atomic mass is 32.1. The van der Waals surface area contributed by atoms with Crippen molar-refractivity contribution in [2.75, 3.05) is 18.1 Å². The van der Waals surface area contributed by atoms with Crippen LogP contribution in [0.2, 0.25) is 0 Å². The van der Waals surface area contributed by atoms with E-state index in [4.69, 9.17) is 13.9 Å². The first-order chi connectivity index (χ1) is 17.9. The molecule has 4 aromatic rings. The molecule has 1 amide bonds. The number of carbonyl (C=O) groups excluding carboxylic acids is 1. The van der Waals surface area contributed by atoms with Crippen molar-refractivity contribution in [1.29, 1.82) is 0 Å². The quantitative estimate of drug-likeness (QED) is 0.277. The van der Waals surface area contributed by atoms with Gasteiger partial charge in [0.15, 0.2) is 16.9 Å². The minimum Gasteiger partial charge on any atom is -0.490 e. The minimum atomic E-state index is -0.745. The molecule has 37 heavy (non-hydrogen) atoms. The summed E-state index contributed by atoms with van der Waals surface area (Å²) < 4.78 is 18.0. The van der Waals surface area contributed by atoms with Gasteiger partial charge in [-0.15, -0.1) is 10.2 Å². The molecule has 1 aliphatic heterocycles. The summed E-state index contributed by atoms with van der Waals surface area (Å²) in [5, 5.41) is 10.1. The van der Waals surface area contributed by atoms with Crippen molar-refractivity contribution < 1.29 is 18.7 Å². The molecule has 3 heterocycles. The van der Waals surface area contributed by atoms with E-state index < -0.39 is 11.9 Å². The van der Waals surface area contributed by atoms with Gasteiger partial charge in [0.1, 0.15) is 10.6 Å². The summed E-state index contributed by atoms with van der Waals surface area (Å²) in [6.45, 7) is 9.18. The largest absolute Gasteiger partial charge is 0.490 e. The van der Waals surface area contributed by atoms with Crippen molar-refractivity contribution >= 4 is 33.3 Å². The van der Waals surface area contributed by atoms with Gasteiger partial charge in [0.05, 0.1) is 30.2 Å². The third-order valence-corrected chi connectivity index (χ3v) is 7.35. The Labute approximate surface area is 218 Å². The molecule has 192 valence electrons. The molecule has 1 atom stereocenters. The summed E-state index contributed by atoms with van der Waals surface area (Å²) >= 11 is 1.33. The number of rotatable bonds is 9. The van der Waals surface area contributed by atoms with Crippen molar-refractivity contribution in [2.45, 2.75) is 46.6 Å². The fraction of sp³-hybridized carbons (Fsp3) is 0.357. The van der Waals surface area contributed by atoms with Gasteiger partial charge in [0.2, 0.25) is 10.9 Å². The molecule has 0 spiro atoms. The van der Waals surface area contributed by atoms with Crippen molar-refractivity contribution in [3.63, 3.8) is 0 Å². The number of aryl methyl sites for hydroxylation is 1. The maximum atomic E-state index is 13.7. The van der Waals surface area contributed by atoms with E-state index in [0.717, 1.165) is 11.4 Å². The first kappa shape index (κ1) is 25.0. The van der Waals surface area contributed by atoms with Gasteiger partial charge in [-0.25, -0.2) is 0 Å². The summed E-state index contributed by atoms with van der Waals surface area (Å²) in [7, 11) is 0. The van der Waals surface area contributed by atoms with E-state index in [1.807, 2.05) is 32.0 Å². The lowest BCUT2D eigenvalue weighted by molar-refractivity contribution is 0.0970. The number of hydrogen-bond donors (Lipinski definition) is 0. The highest BCUT2D eigenvalue weighted by Crippen LogP contribution is 2.44. The number of hydrogen-bond acceptors (Lipinski definition) is 8. The number of aromatic nitrogens is 2. The van der Waals surface area contributed by atoms with Gasteiger partial charge in [0, 0.05) is 0 Å². The molecule has 2 aromatic carbocycles. The standard InChI is InChI=1S/C28H29N3O5S/c1-5-22-29-30-28(37-22)31-24(17-11-12-20(21(15-17)34-6-2)35-14-13-16(3)4)23-25(32)18-9-7-8-10-19(18)36-26(23)27(31)33/h7-12,15-16,24H,5-6,13-14H2,1-4H3. The lowest BCUT2D eigenvalue weighted by Gasteiger charge is -2.23. The molecular formula is C28H29N3O5S. The number of anilines is 1. The molecule has 0 radical (unpaired) electrons. The number of para-hydroxylation sites is 1. The highest BCUT2D eigenvalue weighted by Gasteiger charge is 2.45. The molecule has 0 saturated carbocycles. The second-order valence-electron chi connectivity index (χ2n) is 9.25. The third kappa shape index (κ3) is 4.59. The molecular weight excluding hydrogens is 490 g/mol. The maximum absolute atomic E-state index is 13.7. The van der Waals surface area contributed by atoms with Crippen LogP contribution in [0.1, 0.15) is 66.8 Å². The molecule has 0 aliphatic carbocycles. The van der Waals surface area contributed by atoms with Crippen LogP contribution in [0.3, 0.4) is 0 Å². The van der Waals surface area contributed by atoms with Gasteiger partial charge >= 0.3 is 0 Å². The molecule has 8 nitrogen and oxygen atoms in total. The van der Waals surface area contributed by atoms with Crippen LogP contribution in [-0.2, 0) is 6.42 Å². The van der Waals surface area contributed by atoms with Gasteiger partial charge in [-0.1, -0.05) is 50.3 Å². The van der Waals surface area contributed by atoms with Crippen molar-refractivity contribution in [1.82, 2.24) is 10.2 Å². The number of benzene rings is 2. The topological polar surface area (TPSA) is 94.8 Å². The van der Waals surface area contributed by atoms with Crippen LogP contribution in [0, 0.1) is 5.92 Å². The van der Waals surface area contributed by atoms with Crippen LogP contribution in [0.5, 0.6) is 11.5 Å². The Morgan fingerprint density at radius 3 is 2.59 bits per heavy atom. The molecule has 0 bridgehead atoms. The molecule has 1 aliphatic rings. The predicted molar refractivity (Wildman–Crippen MR) is 143 cm³/mol. The maximum Gasteiger partial charge on any atom is 0.297 e. The molecule has 0 N–H and O–H groups in total. The zero-order chi connectivity index (χ0) is 26.1. The number of carbonyl (C=O) groups is 1. The van der Waals surface area contributed by atoms with Crippen molar-refractivity contribution in [2.24, 2.45) is 5.92 Å². The van der Waals surface area contributed by atoms with E-state index >= 15 is 0 Å². The molecule has 0 saturated heterocycles.